The number of nitrogens with one attached hydrogen (secondary N) is 2. The van der Waals surface area contributed by atoms with Crippen LogP contribution in [0.5, 0.6) is 11.5 Å². The molecule has 1 aliphatic rings. The maximum absolute atomic E-state index is 12.5. The number of rotatable bonds is 8. The Morgan fingerprint density at radius 1 is 1.00 bits per heavy atom. The minimum Gasteiger partial charge on any atom is -0.497 e. The molecule has 0 aliphatic carbocycles. The number of nitrogens with zero attached hydrogens (tertiary/aromatic N) is 1. The first-order chi connectivity index (χ1) is 14.0. The zero-order valence-electron chi connectivity index (χ0n) is 16.3. The molecule has 152 valence electrons. The minimum absolute atomic E-state index is 0.129. The fraction of sp³-hybridized carbons (Fsp3) is 0.286. The van der Waals surface area contributed by atoms with E-state index in [1.807, 2.05) is 24.3 Å². The van der Waals surface area contributed by atoms with Gasteiger partial charge in [-0.1, -0.05) is 12.1 Å². The zero-order valence-corrected chi connectivity index (χ0v) is 16.3. The number of ether oxygens (including phenoxy) is 2. The van der Waals surface area contributed by atoms with Crippen molar-refractivity contribution in [2.24, 2.45) is 0 Å². The Balaban J connectivity index is 1.52. The molecule has 0 bridgehead atoms. The van der Waals surface area contributed by atoms with Gasteiger partial charge in [0.05, 0.1) is 20.6 Å². The van der Waals surface area contributed by atoms with Crippen LogP contribution in [0.25, 0.3) is 0 Å². The van der Waals surface area contributed by atoms with E-state index in [0.717, 1.165) is 16.2 Å². The minimum atomic E-state index is -0.864. The summed E-state index contributed by atoms with van der Waals surface area (Å²) in [5, 5.41) is 5.29. The molecule has 3 rings (SSSR count). The third-order valence-electron chi connectivity index (χ3n) is 4.65. The normalized spacial score (nSPS) is 15.8. The molecule has 0 saturated carbocycles. The Morgan fingerprint density at radius 2 is 1.59 bits per heavy atom. The van der Waals surface area contributed by atoms with Crippen LogP contribution in [0, 0.1) is 0 Å². The summed E-state index contributed by atoms with van der Waals surface area (Å²) in [4.78, 5) is 38.1. The van der Waals surface area contributed by atoms with Crippen molar-refractivity contribution in [3.8, 4) is 11.5 Å². The molecule has 0 spiro atoms. The second kappa shape index (κ2) is 9.09. The lowest BCUT2D eigenvalue weighted by atomic mass is 10.1. The van der Waals surface area contributed by atoms with Gasteiger partial charge < -0.3 is 20.1 Å². The highest BCUT2D eigenvalue weighted by Gasteiger charge is 2.38. The summed E-state index contributed by atoms with van der Waals surface area (Å²) in [5.74, 6) is 0.666. The lowest BCUT2D eigenvalue weighted by Crippen LogP contribution is -2.34. The number of carbonyl (C=O) groups is 3. The van der Waals surface area contributed by atoms with Gasteiger partial charge in [-0.05, 0) is 48.4 Å². The van der Waals surface area contributed by atoms with E-state index >= 15 is 0 Å². The van der Waals surface area contributed by atoms with Crippen LogP contribution in [0.4, 0.5) is 10.5 Å². The first-order valence-corrected chi connectivity index (χ1v) is 9.19. The van der Waals surface area contributed by atoms with Gasteiger partial charge in [0.25, 0.3) is 5.91 Å². The summed E-state index contributed by atoms with van der Waals surface area (Å²) in [7, 11) is 3.15. The summed E-state index contributed by atoms with van der Waals surface area (Å²) in [6.45, 7) is 0.244. The average Bonchev–Trinajstić information content (AvgIpc) is 2.99. The fourth-order valence-corrected chi connectivity index (χ4v) is 3.03. The van der Waals surface area contributed by atoms with E-state index in [0.29, 0.717) is 17.9 Å². The van der Waals surface area contributed by atoms with Crippen LogP contribution < -0.4 is 20.1 Å². The molecule has 1 unspecified atom stereocenters. The standard InChI is InChI=1S/C21H23N3O5/c1-28-16-7-3-14(4-8-16)11-12-24-20(26)18(23-21(24)27)13-19(25)22-15-5-9-17(29-2)10-6-15/h3-10,18H,11-13H2,1-2H3,(H,22,25)(H,23,27). The predicted octanol–water partition coefficient (Wildman–Crippen LogP) is 2.20. The highest BCUT2D eigenvalue weighted by Crippen LogP contribution is 2.17. The number of imide groups is 1. The van der Waals surface area contributed by atoms with Crippen molar-refractivity contribution in [2.75, 3.05) is 26.1 Å². The number of anilines is 1. The molecular formula is C21H23N3O5. The van der Waals surface area contributed by atoms with E-state index < -0.39 is 18.0 Å². The quantitative estimate of drug-likeness (QED) is 0.666. The Morgan fingerprint density at radius 3 is 2.17 bits per heavy atom. The molecule has 1 atom stereocenters. The molecule has 2 N–H and O–H groups in total. The van der Waals surface area contributed by atoms with E-state index in [2.05, 4.69) is 10.6 Å². The Hall–Kier alpha value is -3.55. The van der Waals surface area contributed by atoms with Crippen LogP contribution in [0.2, 0.25) is 0 Å². The van der Waals surface area contributed by atoms with Gasteiger partial charge >= 0.3 is 6.03 Å². The third-order valence-corrected chi connectivity index (χ3v) is 4.65. The molecule has 8 nitrogen and oxygen atoms in total. The van der Waals surface area contributed by atoms with Crippen molar-refractivity contribution >= 4 is 23.5 Å². The Kier molecular flexibility index (Phi) is 6.33. The molecule has 1 aliphatic heterocycles. The van der Waals surface area contributed by atoms with E-state index in [-0.39, 0.29) is 18.9 Å². The molecule has 0 radical (unpaired) electrons. The summed E-state index contributed by atoms with van der Waals surface area (Å²) >= 11 is 0. The van der Waals surface area contributed by atoms with Gasteiger partial charge in [0.2, 0.25) is 5.91 Å². The number of carbonyl (C=O) groups excluding carboxylic acids is 3. The molecule has 1 heterocycles. The van der Waals surface area contributed by atoms with Gasteiger partial charge in [0.1, 0.15) is 17.5 Å². The summed E-state index contributed by atoms with van der Waals surface area (Å²) in [5.41, 5.74) is 1.57. The second-order valence-electron chi connectivity index (χ2n) is 6.57. The van der Waals surface area contributed by atoms with Gasteiger partial charge in [-0.25, -0.2) is 4.79 Å². The van der Waals surface area contributed by atoms with Crippen LogP contribution in [0.1, 0.15) is 12.0 Å². The molecule has 2 aromatic carbocycles. The number of amides is 4. The molecule has 1 fully saturated rings. The molecular weight excluding hydrogens is 374 g/mol. The van der Waals surface area contributed by atoms with Crippen molar-refractivity contribution in [1.29, 1.82) is 0 Å². The molecule has 4 amide bonds. The van der Waals surface area contributed by atoms with E-state index in [9.17, 15) is 14.4 Å². The van der Waals surface area contributed by atoms with Crippen LogP contribution in [-0.4, -0.2) is 49.6 Å². The lowest BCUT2D eigenvalue weighted by Gasteiger charge is -2.13. The van der Waals surface area contributed by atoms with E-state index in [4.69, 9.17) is 9.47 Å². The summed E-state index contributed by atoms with van der Waals surface area (Å²) < 4.78 is 10.2. The highest BCUT2D eigenvalue weighted by atomic mass is 16.5. The third kappa shape index (κ3) is 5.04. The largest absolute Gasteiger partial charge is 0.497 e. The number of benzene rings is 2. The first-order valence-electron chi connectivity index (χ1n) is 9.19. The second-order valence-corrected chi connectivity index (χ2v) is 6.57. The lowest BCUT2D eigenvalue weighted by molar-refractivity contribution is -0.129. The van der Waals surface area contributed by atoms with Gasteiger partial charge in [-0.2, -0.15) is 0 Å². The maximum Gasteiger partial charge on any atom is 0.324 e. The van der Waals surface area contributed by atoms with Gasteiger partial charge in [0, 0.05) is 12.2 Å². The number of methoxy groups -OCH3 is 2. The smallest absolute Gasteiger partial charge is 0.324 e. The monoisotopic (exact) mass is 397 g/mol. The molecule has 29 heavy (non-hydrogen) atoms. The van der Waals surface area contributed by atoms with Crippen molar-refractivity contribution < 1.29 is 23.9 Å². The maximum atomic E-state index is 12.5. The van der Waals surface area contributed by atoms with E-state index in [1.54, 1.807) is 38.5 Å². The van der Waals surface area contributed by atoms with Gasteiger partial charge in [0.15, 0.2) is 0 Å². The topological polar surface area (TPSA) is 97.0 Å². The predicted molar refractivity (Wildman–Crippen MR) is 107 cm³/mol. The Labute approximate surface area is 168 Å². The van der Waals surface area contributed by atoms with Crippen molar-refractivity contribution in [1.82, 2.24) is 10.2 Å². The summed E-state index contributed by atoms with van der Waals surface area (Å²) in [6.07, 6.45) is 0.392. The summed E-state index contributed by atoms with van der Waals surface area (Å²) in [6, 6.07) is 12.9. The number of hydrogen-bond donors (Lipinski definition) is 2. The van der Waals surface area contributed by atoms with Gasteiger partial charge in [-0.3, -0.25) is 14.5 Å². The average molecular weight is 397 g/mol. The van der Waals surface area contributed by atoms with Crippen LogP contribution in [0.15, 0.2) is 48.5 Å². The molecule has 8 heteroatoms. The van der Waals surface area contributed by atoms with Gasteiger partial charge in [-0.15, -0.1) is 0 Å². The molecule has 2 aromatic rings. The number of hydrogen-bond acceptors (Lipinski definition) is 5. The first kappa shape index (κ1) is 20.2. The molecule has 1 saturated heterocycles. The fourth-order valence-electron chi connectivity index (χ4n) is 3.03. The SMILES string of the molecule is COc1ccc(CCN2C(=O)NC(CC(=O)Nc3ccc(OC)cc3)C2=O)cc1. The van der Waals surface area contributed by atoms with Crippen molar-refractivity contribution in [3.63, 3.8) is 0 Å². The molecule has 0 aromatic heterocycles. The van der Waals surface area contributed by atoms with Crippen LogP contribution in [-0.2, 0) is 16.0 Å². The van der Waals surface area contributed by atoms with Crippen LogP contribution in [0.3, 0.4) is 0 Å². The van der Waals surface area contributed by atoms with Crippen LogP contribution >= 0.6 is 0 Å². The highest BCUT2D eigenvalue weighted by molar-refractivity contribution is 6.06. The van der Waals surface area contributed by atoms with E-state index in [1.165, 1.54) is 0 Å². The van der Waals surface area contributed by atoms with Crippen molar-refractivity contribution in [2.45, 2.75) is 18.9 Å². The number of urea groups is 1. The zero-order chi connectivity index (χ0) is 20.8. The van der Waals surface area contributed by atoms with Crippen molar-refractivity contribution in [3.05, 3.63) is 54.1 Å². The Bertz CT molecular complexity index is 880.